The molecule has 0 saturated carbocycles. The lowest BCUT2D eigenvalue weighted by atomic mass is 10.0. The molecule has 0 atom stereocenters. The molecule has 1 aromatic carbocycles. The molecule has 140 valence electrons. The molecule has 5 heteroatoms. The Kier molecular flexibility index (Phi) is 6.85. The fourth-order valence-electron chi connectivity index (χ4n) is 3.09. The first-order valence-corrected chi connectivity index (χ1v) is 9.22. The van der Waals surface area contributed by atoms with Crippen molar-refractivity contribution in [3.63, 3.8) is 0 Å². The molecular formula is C20H33N3O2. The summed E-state index contributed by atoms with van der Waals surface area (Å²) < 4.78 is 5.48. The summed E-state index contributed by atoms with van der Waals surface area (Å²) in [5, 5.41) is 3.11. The number of rotatable bonds is 7. The maximum atomic E-state index is 12.2. The molecule has 0 aromatic heterocycles. The number of carbonyl (C=O) groups is 1. The van der Waals surface area contributed by atoms with Gasteiger partial charge < -0.3 is 10.1 Å². The van der Waals surface area contributed by atoms with Crippen LogP contribution in [0, 0.1) is 6.92 Å². The molecule has 0 bridgehead atoms. The van der Waals surface area contributed by atoms with Gasteiger partial charge in [0.25, 0.3) is 0 Å². The zero-order valence-corrected chi connectivity index (χ0v) is 16.4. The van der Waals surface area contributed by atoms with Crippen molar-refractivity contribution in [1.29, 1.82) is 0 Å². The third-order valence-electron chi connectivity index (χ3n) is 5.02. The lowest BCUT2D eigenvalue weighted by Crippen LogP contribution is -2.52. The van der Waals surface area contributed by atoms with Gasteiger partial charge in [0.15, 0.2) is 0 Å². The van der Waals surface area contributed by atoms with Crippen molar-refractivity contribution < 1.29 is 9.53 Å². The van der Waals surface area contributed by atoms with E-state index in [1.807, 2.05) is 6.07 Å². The van der Waals surface area contributed by atoms with Crippen LogP contribution in [0.3, 0.4) is 0 Å². The number of hydrogen-bond acceptors (Lipinski definition) is 4. The Morgan fingerprint density at radius 3 is 2.44 bits per heavy atom. The smallest absolute Gasteiger partial charge is 0.234 e. The van der Waals surface area contributed by atoms with Gasteiger partial charge in [-0.05, 0) is 33.3 Å². The van der Waals surface area contributed by atoms with Crippen LogP contribution in [0.4, 0.5) is 0 Å². The van der Waals surface area contributed by atoms with Gasteiger partial charge in [-0.25, -0.2) is 0 Å². The van der Waals surface area contributed by atoms with Crippen LogP contribution in [0.25, 0.3) is 0 Å². The SMILES string of the molecule is CCC(C)(C)NC(=O)CN1CCN(Cc2cc(C)ccc2OC)CC1. The van der Waals surface area contributed by atoms with Crippen molar-refractivity contribution in [1.82, 2.24) is 15.1 Å². The number of amides is 1. The minimum absolute atomic E-state index is 0.124. The van der Waals surface area contributed by atoms with Crippen molar-refractivity contribution in [3.8, 4) is 5.75 Å². The highest BCUT2D eigenvalue weighted by Crippen LogP contribution is 2.22. The Bertz CT molecular complexity index is 578. The topological polar surface area (TPSA) is 44.8 Å². The molecule has 1 N–H and O–H groups in total. The molecular weight excluding hydrogens is 314 g/mol. The largest absolute Gasteiger partial charge is 0.496 e. The molecule has 1 aliphatic heterocycles. The molecule has 1 heterocycles. The Morgan fingerprint density at radius 2 is 1.84 bits per heavy atom. The average molecular weight is 348 g/mol. The first kappa shape index (κ1) is 19.7. The Morgan fingerprint density at radius 1 is 1.20 bits per heavy atom. The van der Waals surface area contributed by atoms with Gasteiger partial charge in [0.2, 0.25) is 5.91 Å². The van der Waals surface area contributed by atoms with Crippen LogP contribution in [0.15, 0.2) is 18.2 Å². The minimum atomic E-state index is -0.124. The van der Waals surface area contributed by atoms with Crippen molar-refractivity contribution in [2.45, 2.75) is 46.2 Å². The molecule has 1 aliphatic rings. The normalized spacial score (nSPS) is 16.7. The van der Waals surface area contributed by atoms with Crippen LogP contribution in [0.1, 0.15) is 38.3 Å². The number of benzene rings is 1. The highest BCUT2D eigenvalue weighted by atomic mass is 16.5. The lowest BCUT2D eigenvalue weighted by Gasteiger charge is -2.35. The number of aryl methyl sites for hydroxylation is 1. The number of hydrogen-bond donors (Lipinski definition) is 1. The molecule has 0 radical (unpaired) electrons. The van der Waals surface area contributed by atoms with E-state index < -0.39 is 0 Å². The molecule has 1 aromatic rings. The Hall–Kier alpha value is -1.59. The first-order chi connectivity index (χ1) is 11.8. The molecule has 0 aliphatic carbocycles. The molecule has 1 saturated heterocycles. The highest BCUT2D eigenvalue weighted by molar-refractivity contribution is 5.78. The van der Waals surface area contributed by atoms with Crippen molar-refractivity contribution in [3.05, 3.63) is 29.3 Å². The predicted molar refractivity (Wildman–Crippen MR) is 102 cm³/mol. The second-order valence-electron chi connectivity index (χ2n) is 7.65. The van der Waals surface area contributed by atoms with Gasteiger partial charge in [-0.3, -0.25) is 14.6 Å². The van der Waals surface area contributed by atoms with Gasteiger partial charge in [-0.15, -0.1) is 0 Å². The summed E-state index contributed by atoms with van der Waals surface area (Å²) >= 11 is 0. The molecule has 1 fully saturated rings. The predicted octanol–water partition coefficient (Wildman–Crippen LogP) is 2.43. The molecule has 2 rings (SSSR count). The van der Waals surface area contributed by atoms with E-state index in [1.54, 1.807) is 7.11 Å². The summed E-state index contributed by atoms with van der Waals surface area (Å²) in [6.07, 6.45) is 0.935. The van der Waals surface area contributed by atoms with E-state index in [9.17, 15) is 4.79 Å². The second-order valence-corrected chi connectivity index (χ2v) is 7.65. The van der Waals surface area contributed by atoms with E-state index in [0.717, 1.165) is 44.9 Å². The fourth-order valence-corrected chi connectivity index (χ4v) is 3.09. The summed E-state index contributed by atoms with van der Waals surface area (Å²) in [6.45, 7) is 13.5. The molecule has 25 heavy (non-hydrogen) atoms. The molecule has 0 spiro atoms. The number of ether oxygens (including phenoxy) is 1. The molecule has 0 unspecified atom stereocenters. The van der Waals surface area contributed by atoms with E-state index in [4.69, 9.17) is 4.74 Å². The van der Waals surface area contributed by atoms with E-state index >= 15 is 0 Å². The summed E-state index contributed by atoms with van der Waals surface area (Å²) in [5.41, 5.74) is 2.36. The minimum Gasteiger partial charge on any atom is -0.496 e. The number of carbonyl (C=O) groups excluding carboxylic acids is 1. The zero-order valence-electron chi connectivity index (χ0n) is 16.4. The Labute approximate surface area is 152 Å². The average Bonchev–Trinajstić information content (AvgIpc) is 2.56. The number of piperazine rings is 1. The Balaban J connectivity index is 1.82. The maximum Gasteiger partial charge on any atom is 0.234 e. The van der Waals surface area contributed by atoms with Gasteiger partial charge in [0, 0.05) is 43.8 Å². The van der Waals surface area contributed by atoms with Gasteiger partial charge in [0.05, 0.1) is 13.7 Å². The van der Waals surface area contributed by atoms with Gasteiger partial charge in [0.1, 0.15) is 5.75 Å². The van der Waals surface area contributed by atoms with E-state index in [0.29, 0.717) is 6.54 Å². The first-order valence-electron chi connectivity index (χ1n) is 9.22. The van der Waals surface area contributed by atoms with Crippen LogP contribution in [0.2, 0.25) is 0 Å². The second kappa shape index (κ2) is 8.68. The summed E-state index contributed by atoms with van der Waals surface area (Å²) in [6, 6.07) is 6.32. The summed E-state index contributed by atoms with van der Waals surface area (Å²) in [7, 11) is 1.72. The van der Waals surface area contributed by atoms with E-state index in [1.165, 1.54) is 11.1 Å². The van der Waals surface area contributed by atoms with Crippen LogP contribution in [-0.4, -0.2) is 61.1 Å². The molecule has 1 amide bonds. The monoisotopic (exact) mass is 347 g/mol. The number of nitrogens with zero attached hydrogens (tertiary/aromatic N) is 2. The number of nitrogens with one attached hydrogen (secondary N) is 1. The van der Waals surface area contributed by atoms with Gasteiger partial charge in [-0.2, -0.15) is 0 Å². The number of methoxy groups -OCH3 is 1. The quantitative estimate of drug-likeness (QED) is 0.823. The van der Waals surface area contributed by atoms with Crippen molar-refractivity contribution >= 4 is 5.91 Å². The van der Waals surface area contributed by atoms with Crippen molar-refractivity contribution in [2.24, 2.45) is 0 Å². The standard InChI is InChI=1S/C20H33N3O2/c1-6-20(3,4)21-19(24)15-23-11-9-22(10-12-23)14-17-13-16(2)7-8-18(17)25-5/h7-8,13H,6,9-12,14-15H2,1-5H3,(H,21,24). The van der Waals surface area contributed by atoms with Gasteiger partial charge in [-0.1, -0.05) is 24.6 Å². The molecule has 5 nitrogen and oxygen atoms in total. The highest BCUT2D eigenvalue weighted by Gasteiger charge is 2.23. The van der Waals surface area contributed by atoms with Gasteiger partial charge >= 0.3 is 0 Å². The lowest BCUT2D eigenvalue weighted by molar-refractivity contribution is -0.124. The van der Waals surface area contributed by atoms with Crippen LogP contribution >= 0.6 is 0 Å². The van der Waals surface area contributed by atoms with Crippen molar-refractivity contribution in [2.75, 3.05) is 39.8 Å². The third kappa shape index (κ3) is 6.01. The van der Waals surface area contributed by atoms with E-state index in [2.05, 4.69) is 54.9 Å². The zero-order chi connectivity index (χ0) is 18.4. The van der Waals surface area contributed by atoms with Crippen LogP contribution in [-0.2, 0) is 11.3 Å². The summed E-state index contributed by atoms with van der Waals surface area (Å²) in [5.74, 6) is 1.08. The van der Waals surface area contributed by atoms with Crippen LogP contribution < -0.4 is 10.1 Å². The van der Waals surface area contributed by atoms with Crippen LogP contribution in [0.5, 0.6) is 5.75 Å². The maximum absolute atomic E-state index is 12.2. The summed E-state index contributed by atoms with van der Waals surface area (Å²) in [4.78, 5) is 16.9. The fraction of sp³-hybridized carbons (Fsp3) is 0.650. The van der Waals surface area contributed by atoms with E-state index in [-0.39, 0.29) is 11.4 Å². The third-order valence-corrected chi connectivity index (χ3v) is 5.02.